The predicted octanol–water partition coefficient (Wildman–Crippen LogP) is 0.343. The molecule has 0 aromatic carbocycles. The van der Waals surface area contributed by atoms with Crippen molar-refractivity contribution in [1.29, 1.82) is 0 Å². The largest absolute Gasteiger partial charge is 0.395 e. The second kappa shape index (κ2) is 8.88. The Balaban J connectivity index is 2.65. The summed E-state index contributed by atoms with van der Waals surface area (Å²) in [4.78, 5) is 0. The van der Waals surface area contributed by atoms with Gasteiger partial charge in [-0.15, -0.1) is 0 Å². The molecule has 0 saturated carbocycles. The van der Waals surface area contributed by atoms with E-state index in [1.54, 1.807) is 0 Å². The number of hydrogen-bond acceptors (Lipinski definition) is 3. The molecule has 0 aliphatic heterocycles. The number of rotatable bonds is 7. The summed E-state index contributed by atoms with van der Waals surface area (Å²) in [6.07, 6.45) is 2.28. The van der Waals surface area contributed by atoms with E-state index in [-0.39, 0.29) is 6.61 Å². The third-order valence-electron chi connectivity index (χ3n) is 1.13. The molecule has 0 bridgehead atoms. The van der Waals surface area contributed by atoms with Crippen molar-refractivity contribution >= 4 is 0 Å². The zero-order chi connectivity index (χ0) is 7.66. The van der Waals surface area contributed by atoms with Crippen molar-refractivity contribution in [2.24, 2.45) is 0 Å². The number of hydrogen-bond donors (Lipinski definition) is 2. The summed E-state index contributed by atoms with van der Waals surface area (Å²) in [5.74, 6) is 0. The number of aliphatic hydroxyl groups excluding tert-OH is 1. The van der Waals surface area contributed by atoms with Gasteiger partial charge >= 0.3 is 0 Å². The van der Waals surface area contributed by atoms with Crippen molar-refractivity contribution in [2.75, 3.05) is 26.5 Å². The lowest BCUT2D eigenvalue weighted by atomic mass is 10.4. The van der Waals surface area contributed by atoms with Gasteiger partial charge in [-0.05, 0) is 6.42 Å². The molecule has 0 fully saturated rings. The van der Waals surface area contributed by atoms with Crippen molar-refractivity contribution in [2.45, 2.75) is 19.8 Å². The van der Waals surface area contributed by atoms with Crippen molar-refractivity contribution in [1.82, 2.24) is 5.32 Å². The van der Waals surface area contributed by atoms with Crippen LogP contribution in [0.1, 0.15) is 19.8 Å². The van der Waals surface area contributed by atoms with Gasteiger partial charge in [0, 0.05) is 13.2 Å². The fourth-order valence-corrected chi connectivity index (χ4v) is 0.542. The molecule has 3 nitrogen and oxygen atoms in total. The van der Waals surface area contributed by atoms with E-state index in [4.69, 9.17) is 9.84 Å². The zero-order valence-corrected chi connectivity index (χ0v) is 6.60. The van der Waals surface area contributed by atoms with Crippen molar-refractivity contribution in [3.8, 4) is 0 Å². The molecule has 3 heteroatoms. The van der Waals surface area contributed by atoms with Gasteiger partial charge < -0.3 is 9.84 Å². The Bertz CT molecular complexity index is 51.6. The predicted molar refractivity (Wildman–Crippen MR) is 40.8 cm³/mol. The van der Waals surface area contributed by atoms with Crippen LogP contribution in [-0.4, -0.2) is 31.6 Å². The first-order valence-electron chi connectivity index (χ1n) is 3.81. The fourth-order valence-electron chi connectivity index (χ4n) is 0.542. The lowest BCUT2D eigenvalue weighted by Crippen LogP contribution is -2.21. The topological polar surface area (TPSA) is 41.5 Å². The Morgan fingerprint density at radius 2 is 2.30 bits per heavy atom. The molecule has 2 N–H and O–H groups in total. The van der Waals surface area contributed by atoms with Crippen LogP contribution < -0.4 is 5.32 Å². The van der Waals surface area contributed by atoms with Crippen LogP contribution in [0.25, 0.3) is 0 Å². The van der Waals surface area contributed by atoms with Gasteiger partial charge in [-0.2, -0.15) is 0 Å². The lowest BCUT2D eigenvalue weighted by molar-refractivity contribution is 0.109. The second-order valence-electron chi connectivity index (χ2n) is 2.13. The van der Waals surface area contributed by atoms with Gasteiger partial charge in [0.2, 0.25) is 0 Å². The first-order chi connectivity index (χ1) is 4.91. The molecule has 0 atom stereocenters. The summed E-state index contributed by atoms with van der Waals surface area (Å²) in [6, 6.07) is 0. The molecule has 62 valence electrons. The average molecular weight is 147 g/mol. The van der Waals surface area contributed by atoms with E-state index in [0.29, 0.717) is 13.3 Å². The van der Waals surface area contributed by atoms with E-state index >= 15 is 0 Å². The van der Waals surface area contributed by atoms with Crippen LogP contribution in [0.3, 0.4) is 0 Å². The van der Waals surface area contributed by atoms with Crippen LogP contribution in [0.15, 0.2) is 0 Å². The van der Waals surface area contributed by atoms with Crippen molar-refractivity contribution < 1.29 is 9.84 Å². The van der Waals surface area contributed by atoms with Gasteiger partial charge in [0.15, 0.2) is 0 Å². The maximum atomic E-state index is 8.35. The Labute approximate surface area is 62.4 Å². The monoisotopic (exact) mass is 147 g/mol. The third-order valence-corrected chi connectivity index (χ3v) is 1.13. The Morgan fingerprint density at radius 1 is 1.50 bits per heavy atom. The molecule has 0 aromatic rings. The summed E-state index contributed by atoms with van der Waals surface area (Å²) in [5.41, 5.74) is 0. The highest BCUT2D eigenvalue weighted by atomic mass is 16.5. The summed E-state index contributed by atoms with van der Waals surface area (Å²) < 4.78 is 5.15. The highest BCUT2D eigenvalue weighted by Gasteiger charge is 1.84. The van der Waals surface area contributed by atoms with Crippen LogP contribution in [0.2, 0.25) is 0 Å². The van der Waals surface area contributed by atoms with E-state index in [9.17, 15) is 0 Å². The summed E-state index contributed by atoms with van der Waals surface area (Å²) in [7, 11) is 0. The minimum Gasteiger partial charge on any atom is -0.395 e. The van der Waals surface area contributed by atoms with Crippen LogP contribution in [0, 0.1) is 0 Å². The molecule has 10 heavy (non-hydrogen) atoms. The summed E-state index contributed by atoms with van der Waals surface area (Å²) >= 11 is 0. The van der Waals surface area contributed by atoms with Crippen LogP contribution in [0.4, 0.5) is 0 Å². The molecule has 0 aliphatic carbocycles. The molecule has 0 aromatic heterocycles. The molecule has 0 rings (SSSR count). The van der Waals surface area contributed by atoms with Crippen molar-refractivity contribution in [3.05, 3.63) is 0 Å². The molecule has 0 spiro atoms. The smallest absolute Gasteiger partial charge is 0.0966 e. The lowest BCUT2D eigenvalue weighted by Gasteiger charge is -2.02. The Kier molecular flexibility index (Phi) is 8.77. The normalized spacial score (nSPS) is 10.2. The van der Waals surface area contributed by atoms with Crippen LogP contribution in [0.5, 0.6) is 0 Å². The SMILES string of the molecule is CCCCOCNCCO. The minimum absolute atomic E-state index is 0.178. The standard InChI is InChI=1S/C7H17NO2/c1-2-3-6-10-7-8-4-5-9/h8-9H,2-7H2,1H3. The van der Waals surface area contributed by atoms with Gasteiger partial charge in [0.1, 0.15) is 0 Å². The summed E-state index contributed by atoms with van der Waals surface area (Å²) in [5, 5.41) is 11.3. The molecule has 0 aliphatic rings. The highest BCUT2D eigenvalue weighted by molar-refractivity contribution is 4.35. The van der Waals surface area contributed by atoms with Gasteiger partial charge in [-0.3, -0.25) is 5.32 Å². The number of nitrogens with one attached hydrogen (secondary N) is 1. The van der Waals surface area contributed by atoms with Gasteiger partial charge in [0.05, 0.1) is 13.3 Å². The third kappa shape index (κ3) is 7.88. The molecule has 0 unspecified atom stereocenters. The van der Waals surface area contributed by atoms with Gasteiger partial charge in [-0.25, -0.2) is 0 Å². The van der Waals surface area contributed by atoms with Gasteiger partial charge in [-0.1, -0.05) is 13.3 Å². The molecular weight excluding hydrogens is 130 g/mol. The highest BCUT2D eigenvalue weighted by Crippen LogP contribution is 1.85. The van der Waals surface area contributed by atoms with Crippen molar-refractivity contribution in [3.63, 3.8) is 0 Å². The first-order valence-corrected chi connectivity index (χ1v) is 3.81. The fraction of sp³-hybridized carbons (Fsp3) is 1.00. The molecular formula is C7H17NO2. The van der Waals surface area contributed by atoms with Gasteiger partial charge in [0.25, 0.3) is 0 Å². The first kappa shape index (κ1) is 9.88. The van der Waals surface area contributed by atoms with Crippen LogP contribution >= 0.6 is 0 Å². The van der Waals surface area contributed by atoms with E-state index < -0.39 is 0 Å². The van der Waals surface area contributed by atoms with Crippen LogP contribution in [-0.2, 0) is 4.74 Å². The average Bonchev–Trinajstić information content (AvgIpc) is 1.97. The maximum Gasteiger partial charge on any atom is 0.0966 e. The number of unbranched alkanes of at least 4 members (excludes halogenated alkanes) is 1. The minimum atomic E-state index is 0.178. The zero-order valence-electron chi connectivity index (χ0n) is 6.60. The van der Waals surface area contributed by atoms with E-state index in [2.05, 4.69) is 12.2 Å². The number of ether oxygens (including phenoxy) is 1. The number of aliphatic hydroxyl groups is 1. The van der Waals surface area contributed by atoms with E-state index in [1.807, 2.05) is 0 Å². The molecule has 0 heterocycles. The molecule has 0 radical (unpaired) electrons. The maximum absolute atomic E-state index is 8.35. The summed E-state index contributed by atoms with van der Waals surface area (Å²) in [6.45, 7) is 4.29. The second-order valence-corrected chi connectivity index (χ2v) is 2.13. The quantitative estimate of drug-likeness (QED) is 0.403. The van der Waals surface area contributed by atoms with E-state index in [0.717, 1.165) is 13.0 Å². The Morgan fingerprint density at radius 3 is 2.90 bits per heavy atom. The Hall–Kier alpha value is -0.120. The molecule has 0 saturated heterocycles. The van der Waals surface area contributed by atoms with E-state index in [1.165, 1.54) is 6.42 Å². The molecule has 0 amide bonds.